The summed E-state index contributed by atoms with van der Waals surface area (Å²) in [6.07, 6.45) is -4.44. The molecule has 0 bridgehead atoms. The van der Waals surface area contributed by atoms with Gasteiger partial charge in [0.05, 0.1) is 6.54 Å². The van der Waals surface area contributed by atoms with E-state index in [-0.39, 0.29) is 12.5 Å². The Hall–Kier alpha value is -2.62. The first-order valence-corrected chi connectivity index (χ1v) is 8.48. The van der Waals surface area contributed by atoms with E-state index in [0.29, 0.717) is 23.1 Å². The van der Waals surface area contributed by atoms with Gasteiger partial charge < -0.3 is 16.0 Å². The van der Waals surface area contributed by atoms with Crippen molar-refractivity contribution in [2.24, 2.45) is 4.99 Å². The molecule has 1 amide bonds. The molecule has 0 saturated heterocycles. The van der Waals surface area contributed by atoms with Gasteiger partial charge in [0, 0.05) is 31.6 Å². The Labute approximate surface area is 152 Å². The fraction of sp³-hybridized carbons (Fsp3) is 0.312. The zero-order valence-corrected chi connectivity index (χ0v) is 15.0. The van der Waals surface area contributed by atoms with Crippen LogP contribution in [0.5, 0.6) is 0 Å². The number of aromatic nitrogens is 1. The number of hydrogen-bond donors (Lipinski definition) is 3. The Morgan fingerprint density at radius 2 is 2.00 bits per heavy atom. The van der Waals surface area contributed by atoms with Crippen LogP contribution in [0, 0.1) is 0 Å². The first-order chi connectivity index (χ1) is 12.3. The summed E-state index contributed by atoms with van der Waals surface area (Å²) in [6.45, 7) is 0.523. The predicted molar refractivity (Wildman–Crippen MR) is 94.0 cm³/mol. The lowest BCUT2D eigenvalue weighted by Gasteiger charge is -2.11. The van der Waals surface area contributed by atoms with Crippen molar-refractivity contribution in [2.45, 2.75) is 19.3 Å². The molecule has 1 aromatic heterocycles. The van der Waals surface area contributed by atoms with Gasteiger partial charge in [0.1, 0.15) is 5.01 Å². The molecule has 1 aromatic carbocycles. The Balaban J connectivity index is 1.90. The molecule has 0 unspecified atom stereocenters. The molecule has 140 valence electrons. The van der Waals surface area contributed by atoms with E-state index in [1.54, 1.807) is 32.3 Å². The van der Waals surface area contributed by atoms with Gasteiger partial charge >= 0.3 is 6.18 Å². The molecule has 26 heavy (non-hydrogen) atoms. The van der Waals surface area contributed by atoms with Gasteiger partial charge in [-0.15, -0.1) is 11.3 Å². The third-order valence-corrected chi connectivity index (χ3v) is 4.20. The highest BCUT2D eigenvalue weighted by Gasteiger charge is 2.33. The lowest BCUT2D eigenvalue weighted by molar-refractivity contribution is -0.140. The number of carbonyl (C=O) groups excluding carboxylic acids is 1. The summed E-state index contributed by atoms with van der Waals surface area (Å²) in [6, 6.07) is 7.07. The van der Waals surface area contributed by atoms with Crippen LogP contribution in [0.4, 0.5) is 13.2 Å². The highest BCUT2D eigenvalue weighted by molar-refractivity contribution is 7.09. The minimum Gasteiger partial charge on any atom is -0.355 e. The summed E-state index contributed by atoms with van der Waals surface area (Å²) >= 11 is 0.930. The van der Waals surface area contributed by atoms with Crippen LogP contribution in [0.25, 0.3) is 0 Å². The fourth-order valence-corrected chi connectivity index (χ4v) is 2.80. The lowest BCUT2D eigenvalue weighted by Crippen LogP contribution is -2.36. The lowest BCUT2D eigenvalue weighted by atomic mass is 10.1. The second-order valence-corrected chi connectivity index (χ2v) is 6.13. The predicted octanol–water partition coefficient (Wildman–Crippen LogP) is 2.39. The monoisotopic (exact) mass is 385 g/mol. The summed E-state index contributed by atoms with van der Waals surface area (Å²) in [4.78, 5) is 19.2. The zero-order chi connectivity index (χ0) is 19.2. The first-order valence-electron chi connectivity index (χ1n) is 7.60. The largest absolute Gasteiger partial charge is 0.434 e. The van der Waals surface area contributed by atoms with E-state index in [2.05, 4.69) is 25.9 Å². The first kappa shape index (κ1) is 19.7. The van der Waals surface area contributed by atoms with Crippen LogP contribution in [-0.2, 0) is 19.3 Å². The molecule has 2 rings (SSSR count). The average Bonchev–Trinajstić information content (AvgIpc) is 3.11. The molecule has 3 N–H and O–H groups in total. The van der Waals surface area contributed by atoms with Gasteiger partial charge in [-0.3, -0.25) is 9.79 Å². The number of benzene rings is 1. The average molecular weight is 385 g/mol. The summed E-state index contributed by atoms with van der Waals surface area (Å²) < 4.78 is 37.6. The summed E-state index contributed by atoms with van der Waals surface area (Å²) in [5, 5.41) is 9.79. The van der Waals surface area contributed by atoms with Crippen LogP contribution >= 0.6 is 11.3 Å². The molecule has 0 saturated carbocycles. The topological polar surface area (TPSA) is 78.4 Å². The van der Waals surface area contributed by atoms with Crippen molar-refractivity contribution in [3.8, 4) is 0 Å². The SMILES string of the molecule is CN=C(NCc1cccc(C(=O)NC)c1)NCc1nc(C(F)(F)F)cs1. The van der Waals surface area contributed by atoms with Crippen LogP contribution in [0.2, 0.25) is 0 Å². The maximum Gasteiger partial charge on any atom is 0.434 e. The zero-order valence-electron chi connectivity index (χ0n) is 14.1. The Morgan fingerprint density at radius 3 is 2.62 bits per heavy atom. The van der Waals surface area contributed by atoms with Crippen molar-refractivity contribution in [3.05, 3.63) is 51.5 Å². The highest BCUT2D eigenvalue weighted by Crippen LogP contribution is 2.29. The van der Waals surface area contributed by atoms with Crippen molar-refractivity contribution in [1.29, 1.82) is 0 Å². The second-order valence-electron chi connectivity index (χ2n) is 5.18. The third kappa shape index (κ3) is 5.45. The molecule has 0 aliphatic heterocycles. The van der Waals surface area contributed by atoms with Crippen molar-refractivity contribution < 1.29 is 18.0 Å². The van der Waals surface area contributed by atoms with Crippen molar-refractivity contribution in [1.82, 2.24) is 20.9 Å². The minimum atomic E-state index is -4.44. The number of thiazole rings is 1. The number of nitrogens with zero attached hydrogens (tertiary/aromatic N) is 2. The molecular formula is C16H18F3N5OS. The number of aliphatic imine (C=N–C) groups is 1. The van der Waals surface area contributed by atoms with E-state index >= 15 is 0 Å². The van der Waals surface area contributed by atoms with E-state index < -0.39 is 11.9 Å². The molecule has 0 radical (unpaired) electrons. The Morgan fingerprint density at radius 1 is 1.27 bits per heavy atom. The summed E-state index contributed by atoms with van der Waals surface area (Å²) in [5.41, 5.74) is 0.508. The Bertz CT molecular complexity index is 788. The van der Waals surface area contributed by atoms with Gasteiger partial charge in [-0.2, -0.15) is 13.2 Å². The van der Waals surface area contributed by atoms with E-state index in [9.17, 15) is 18.0 Å². The van der Waals surface area contributed by atoms with Crippen LogP contribution in [-0.4, -0.2) is 30.9 Å². The molecule has 0 fully saturated rings. The molecule has 2 aromatic rings. The van der Waals surface area contributed by atoms with Crippen LogP contribution in [0.3, 0.4) is 0 Å². The summed E-state index contributed by atoms with van der Waals surface area (Å²) in [7, 11) is 3.11. The number of rotatable bonds is 5. The van der Waals surface area contributed by atoms with Crippen LogP contribution in [0.1, 0.15) is 26.6 Å². The standard InChI is InChI=1S/C16H18F3N5OS/c1-20-14(25)11-5-3-4-10(6-11)7-22-15(21-2)23-8-13-24-12(9-26-13)16(17,18)19/h3-6,9H,7-8H2,1-2H3,(H,20,25)(H2,21,22,23). The maximum absolute atomic E-state index is 12.5. The van der Waals surface area contributed by atoms with E-state index in [1.807, 2.05) is 6.07 Å². The Kier molecular flexibility index (Phi) is 6.56. The number of guanidine groups is 1. The van der Waals surface area contributed by atoms with E-state index in [1.165, 1.54) is 0 Å². The van der Waals surface area contributed by atoms with Gasteiger partial charge in [-0.05, 0) is 17.7 Å². The molecular weight excluding hydrogens is 367 g/mol. The number of carbonyl (C=O) groups is 1. The number of halogens is 3. The summed E-state index contributed by atoms with van der Waals surface area (Å²) in [5.74, 6) is 0.234. The minimum absolute atomic E-state index is 0.124. The second kappa shape index (κ2) is 8.65. The highest BCUT2D eigenvalue weighted by atomic mass is 32.1. The molecule has 1 heterocycles. The van der Waals surface area contributed by atoms with Crippen molar-refractivity contribution in [3.63, 3.8) is 0 Å². The van der Waals surface area contributed by atoms with E-state index in [4.69, 9.17) is 0 Å². The number of alkyl halides is 3. The quantitative estimate of drug-likeness (QED) is 0.546. The van der Waals surface area contributed by atoms with Gasteiger partial charge in [0.15, 0.2) is 11.7 Å². The fourth-order valence-electron chi connectivity index (χ4n) is 2.05. The normalized spacial score (nSPS) is 12.0. The van der Waals surface area contributed by atoms with E-state index in [0.717, 1.165) is 22.3 Å². The third-order valence-electron chi connectivity index (χ3n) is 3.35. The van der Waals surface area contributed by atoms with Crippen molar-refractivity contribution in [2.75, 3.05) is 14.1 Å². The molecule has 0 atom stereocenters. The van der Waals surface area contributed by atoms with Gasteiger partial charge in [-0.25, -0.2) is 4.98 Å². The molecule has 0 aliphatic carbocycles. The van der Waals surface area contributed by atoms with Gasteiger partial charge in [0.25, 0.3) is 5.91 Å². The van der Waals surface area contributed by atoms with Crippen molar-refractivity contribution >= 4 is 23.2 Å². The molecule has 6 nitrogen and oxygen atoms in total. The number of nitrogens with one attached hydrogen (secondary N) is 3. The van der Waals surface area contributed by atoms with Crippen LogP contribution in [0.15, 0.2) is 34.6 Å². The number of amides is 1. The molecule has 0 aliphatic rings. The van der Waals surface area contributed by atoms with Gasteiger partial charge in [-0.1, -0.05) is 12.1 Å². The smallest absolute Gasteiger partial charge is 0.355 e. The number of hydrogen-bond acceptors (Lipinski definition) is 4. The molecule has 0 spiro atoms. The van der Waals surface area contributed by atoms with Crippen LogP contribution < -0.4 is 16.0 Å². The maximum atomic E-state index is 12.5. The molecule has 10 heteroatoms. The van der Waals surface area contributed by atoms with Gasteiger partial charge in [0.2, 0.25) is 0 Å².